The van der Waals surface area contributed by atoms with Crippen molar-refractivity contribution in [2.45, 2.75) is 89.3 Å². The van der Waals surface area contributed by atoms with Crippen LogP contribution in [0.1, 0.15) is 87.3 Å². The zero-order valence-electron chi connectivity index (χ0n) is 22.6. The van der Waals surface area contributed by atoms with Gasteiger partial charge in [0.25, 0.3) is 0 Å². The maximum absolute atomic E-state index is 15.1. The maximum atomic E-state index is 15.1. The number of benzene rings is 2. The van der Waals surface area contributed by atoms with Gasteiger partial charge in [-0.15, -0.1) is 0 Å². The lowest BCUT2D eigenvalue weighted by molar-refractivity contribution is -0.277. The smallest absolute Gasteiger partial charge is 0.313 e. The first-order valence-electron chi connectivity index (χ1n) is 14.0. The summed E-state index contributed by atoms with van der Waals surface area (Å²) in [6.07, 6.45) is 3.46. The SMILES string of the molecule is C/C=C/CCc1ccc(C(F)(F)OC2CCC(/C(F)=C(\F)C3CCC(c4cc(F)c(F)c(F)c4)CC3)CC2)cc1. The van der Waals surface area contributed by atoms with Gasteiger partial charge in [0.1, 0.15) is 11.7 Å². The van der Waals surface area contributed by atoms with Gasteiger partial charge in [-0.1, -0.05) is 36.4 Å². The average Bonchev–Trinajstić information content (AvgIpc) is 2.95. The highest BCUT2D eigenvalue weighted by Crippen LogP contribution is 2.44. The molecule has 0 spiro atoms. The van der Waals surface area contributed by atoms with E-state index in [0.717, 1.165) is 30.5 Å². The fraction of sp³-hybridized carbons (Fsp3) is 0.500. The minimum Gasteiger partial charge on any atom is -0.313 e. The molecule has 2 aromatic carbocycles. The molecule has 0 unspecified atom stereocenters. The van der Waals surface area contributed by atoms with E-state index in [4.69, 9.17) is 4.74 Å². The van der Waals surface area contributed by atoms with Crippen molar-refractivity contribution in [2.75, 3.05) is 0 Å². The van der Waals surface area contributed by atoms with Gasteiger partial charge in [0.15, 0.2) is 17.5 Å². The molecule has 0 amide bonds. The Kier molecular flexibility index (Phi) is 10.1. The Hall–Kier alpha value is -2.61. The first-order chi connectivity index (χ1) is 19.1. The summed E-state index contributed by atoms with van der Waals surface area (Å²) in [5.41, 5.74) is 1.03. The highest BCUT2D eigenvalue weighted by atomic mass is 19.3. The molecule has 2 aliphatic carbocycles. The number of alkyl halides is 2. The molecule has 1 nitrogen and oxygen atoms in total. The fourth-order valence-electron chi connectivity index (χ4n) is 5.87. The molecule has 0 atom stereocenters. The molecule has 2 fully saturated rings. The predicted octanol–water partition coefficient (Wildman–Crippen LogP) is 10.4. The van der Waals surface area contributed by atoms with E-state index in [2.05, 4.69) is 0 Å². The molecule has 0 heterocycles. The number of rotatable bonds is 9. The second-order valence-electron chi connectivity index (χ2n) is 11.0. The quantitative estimate of drug-likeness (QED) is 0.166. The zero-order valence-corrected chi connectivity index (χ0v) is 22.6. The molecular formula is C32H35F7O. The van der Waals surface area contributed by atoms with Gasteiger partial charge in [-0.05, 0) is 100 Å². The minimum absolute atomic E-state index is 0.191. The molecule has 0 bridgehead atoms. The number of hydrogen-bond donors (Lipinski definition) is 0. The largest absolute Gasteiger partial charge is 0.383 e. The van der Waals surface area contributed by atoms with Crippen LogP contribution in [0.5, 0.6) is 0 Å². The Morgan fingerprint density at radius 3 is 1.88 bits per heavy atom. The molecule has 2 saturated carbocycles. The monoisotopic (exact) mass is 568 g/mol. The van der Waals surface area contributed by atoms with E-state index in [0.29, 0.717) is 31.2 Å². The van der Waals surface area contributed by atoms with Crippen LogP contribution in [0.2, 0.25) is 0 Å². The summed E-state index contributed by atoms with van der Waals surface area (Å²) in [6, 6.07) is 7.99. The van der Waals surface area contributed by atoms with Crippen LogP contribution in [0.3, 0.4) is 0 Å². The normalized spacial score (nSPS) is 24.8. The highest BCUT2D eigenvalue weighted by Gasteiger charge is 2.39. The molecule has 2 aromatic rings. The third kappa shape index (κ3) is 7.36. The van der Waals surface area contributed by atoms with Crippen LogP contribution in [0.4, 0.5) is 30.7 Å². The summed E-state index contributed by atoms with van der Waals surface area (Å²) >= 11 is 0. The van der Waals surface area contributed by atoms with Crippen molar-refractivity contribution >= 4 is 0 Å². The van der Waals surface area contributed by atoms with E-state index in [-0.39, 0.29) is 37.2 Å². The van der Waals surface area contributed by atoms with Gasteiger partial charge >= 0.3 is 6.11 Å². The number of hydrogen-bond acceptors (Lipinski definition) is 1. The summed E-state index contributed by atoms with van der Waals surface area (Å²) in [6.45, 7) is 1.93. The molecule has 0 aromatic heterocycles. The summed E-state index contributed by atoms with van der Waals surface area (Å²) < 4.78 is 105. The molecule has 2 aliphatic rings. The van der Waals surface area contributed by atoms with Crippen LogP contribution < -0.4 is 0 Å². The Bertz CT molecular complexity index is 1170. The summed E-state index contributed by atoms with van der Waals surface area (Å²) in [4.78, 5) is 0. The predicted molar refractivity (Wildman–Crippen MR) is 141 cm³/mol. The first-order valence-corrected chi connectivity index (χ1v) is 14.0. The van der Waals surface area contributed by atoms with Crippen molar-refractivity contribution in [1.82, 2.24) is 0 Å². The molecule has 0 N–H and O–H groups in total. The lowest BCUT2D eigenvalue weighted by atomic mass is 9.77. The Balaban J connectivity index is 1.28. The highest BCUT2D eigenvalue weighted by molar-refractivity contribution is 5.26. The summed E-state index contributed by atoms with van der Waals surface area (Å²) in [7, 11) is 0. The van der Waals surface area contributed by atoms with Gasteiger partial charge in [0.2, 0.25) is 0 Å². The average molecular weight is 569 g/mol. The third-order valence-corrected chi connectivity index (χ3v) is 8.26. The van der Waals surface area contributed by atoms with Gasteiger partial charge in [-0.3, -0.25) is 0 Å². The van der Waals surface area contributed by atoms with Gasteiger partial charge in [-0.25, -0.2) is 22.0 Å². The molecule has 0 aliphatic heterocycles. The standard InChI is InChI=1S/C32H35F7O/c1-2-3-4-5-20-6-14-25(15-7-20)32(38,39)40-26-16-12-23(13-17-26)30(36)29(35)22-10-8-21(9-11-22)24-18-27(33)31(37)28(34)19-24/h2-3,6-7,14-15,18-19,21-23,26H,4-5,8-13,16-17H2,1H3/b3-2+,30-29+. The maximum Gasteiger partial charge on any atom is 0.383 e. The van der Waals surface area contributed by atoms with Crippen molar-refractivity contribution in [3.63, 3.8) is 0 Å². The van der Waals surface area contributed by atoms with Crippen LogP contribution >= 0.6 is 0 Å². The molecular weight excluding hydrogens is 533 g/mol. The zero-order chi connectivity index (χ0) is 28.9. The molecule has 0 saturated heterocycles. The Labute approximate surface area is 231 Å². The summed E-state index contributed by atoms with van der Waals surface area (Å²) in [5.74, 6) is -7.31. The topological polar surface area (TPSA) is 9.23 Å². The van der Waals surface area contributed by atoms with E-state index >= 15 is 8.78 Å². The van der Waals surface area contributed by atoms with E-state index in [1.54, 1.807) is 12.1 Å². The van der Waals surface area contributed by atoms with Gasteiger partial charge in [0, 0.05) is 11.8 Å². The number of aryl methyl sites for hydroxylation is 1. The second-order valence-corrected chi connectivity index (χ2v) is 11.0. The van der Waals surface area contributed by atoms with Gasteiger partial charge in [-0.2, -0.15) is 8.78 Å². The van der Waals surface area contributed by atoms with Crippen LogP contribution in [-0.4, -0.2) is 6.10 Å². The van der Waals surface area contributed by atoms with Crippen LogP contribution in [0, 0.1) is 29.3 Å². The van der Waals surface area contributed by atoms with Crippen molar-refractivity contribution in [3.8, 4) is 0 Å². The van der Waals surface area contributed by atoms with Crippen molar-refractivity contribution in [2.24, 2.45) is 11.8 Å². The molecule has 8 heteroatoms. The minimum atomic E-state index is -3.48. The van der Waals surface area contributed by atoms with E-state index in [1.165, 1.54) is 12.1 Å². The molecule has 0 radical (unpaired) electrons. The van der Waals surface area contributed by atoms with E-state index in [9.17, 15) is 22.0 Å². The van der Waals surface area contributed by atoms with Gasteiger partial charge < -0.3 is 4.74 Å². The van der Waals surface area contributed by atoms with Crippen molar-refractivity contribution in [3.05, 3.63) is 94.3 Å². The molecule has 4 rings (SSSR count). The van der Waals surface area contributed by atoms with Crippen molar-refractivity contribution < 1.29 is 35.5 Å². The number of halogens is 7. The molecule has 40 heavy (non-hydrogen) atoms. The van der Waals surface area contributed by atoms with Crippen molar-refractivity contribution in [1.29, 1.82) is 0 Å². The van der Waals surface area contributed by atoms with Gasteiger partial charge in [0.05, 0.1) is 11.7 Å². The van der Waals surface area contributed by atoms with Crippen LogP contribution in [-0.2, 0) is 17.3 Å². The number of ether oxygens (including phenoxy) is 1. The van der Waals surface area contributed by atoms with E-state index < -0.39 is 53.2 Å². The van der Waals surface area contributed by atoms with E-state index in [1.807, 2.05) is 19.1 Å². The third-order valence-electron chi connectivity index (χ3n) is 8.26. The van der Waals surface area contributed by atoms with Crippen LogP contribution in [0.25, 0.3) is 0 Å². The fourth-order valence-corrected chi connectivity index (χ4v) is 5.87. The second kappa shape index (κ2) is 13.4. The summed E-state index contributed by atoms with van der Waals surface area (Å²) in [5, 5.41) is 0. The lowest BCUT2D eigenvalue weighted by Crippen LogP contribution is -2.30. The first kappa shape index (κ1) is 30.4. The van der Waals surface area contributed by atoms with Crippen LogP contribution in [0.15, 0.2) is 60.2 Å². The number of allylic oxidation sites excluding steroid dienone is 4. The Morgan fingerprint density at radius 1 is 0.825 bits per heavy atom. The lowest BCUT2D eigenvalue weighted by Gasteiger charge is -2.32. The Morgan fingerprint density at radius 2 is 1.35 bits per heavy atom. The molecule has 218 valence electrons.